The topological polar surface area (TPSA) is 87.1 Å². The van der Waals surface area contributed by atoms with Crippen LogP contribution in [0.5, 0.6) is 0 Å². The number of ether oxygens (including phenoxy) is 1. The highest BCUT2D eigenvalue weighted by Crippen LogP contribution is 2.41. The van der Waals surface area contributed by atoms with E-state index in [4.69, 9.17) is 10.3 Å². The first-order valence-corrected chi connectivity index (χ1v) is 5.18. The number of esters is 1. The number of hydrogen-bond acceptors (Lipinski definition) is 4. The van der Waals surface area contributed by atoms with E-state index in [0.717, 1.165) is 25.9 Å². The molecule has 2 aliphatic heterocycles. The quantitative estimate of drug-likeness (QED) is 0.319. The van der Waals surface area contributed by atoms with Crippen LogP contribution in [0.4, 0.5) is 0 Å². The summed E-state index contributed by atoms with van der Waals surface area (Å²) >= 11 is 0. The van der Waals surface area contributed by atoms with Gasteiger partial charge in [-0.25, -0.2) is 0 Å². The van der Waals surface area contributed by atoms with Crippen molar-refractivity contribution in [1.82, 2.24) is 5.32 Å². The summed E-state index contributed by atoms with van der Waals surface area (Å²) in [5.41, 5.74) is 8.15. The van der Waals surface area contributed by atoms with Gasteiger partial charge in [0.05, 0.1) is 13.0 Å². The van der Waals surface area contributed by atoms with E-state index in [1.807, 2.05) is 0 Å². The van der Waals surface area contributed by atoms with Crippen LogP contribution in [0, 0.1) is 5.41 Å². The van der Waals surface area contributed by atoms with E-state index in [9.17, 15) is 4.79 Å². The summed E-state index contributed by atoms with van der Waals surface area (Å²) in [6, 6.07) is 0. The van der Waals surface area contributed by atoms with Crippen LogP contribution in [0.3, 0.4) is 0 Å². The minimum absolute atomic E-state index is 0.135. The Labute approximate surface area is 87.6 Å². The fourth-order valence-corrected chi connectivity index (χ4v) is 2.49. The minimum atomic E-state index is -0.242. The van der Waals surface area contributed by atoms with Gasteiger partial charge < -0.3 is 10.1 Å². The van der Waals surface area contributed by atoms with Crippen LogP contribution < -0.4 is 5.32 Å². The van der Waals surface area contributed by atoms with Gasteiger partial charge in [-0.3, -0.25) is 4.79 Å². The Kier molecular flexibility index (Phi) is 2.79. The zero-order chi connectivity index (χ0) is 10.7. The van der Waals surface area contributed by atoms with Crippen LogP contribution in [0.15, 0.2) is 5.11 Å². The summed E-state index contributed by atoms with van der Waals surface area (Å²) in [4.78, 5) is 14.0. The summed E-state index contributed by atoms with van der Waals surface area (Å²) in [5, 5.41) is 6.79. The van der Waals surface area contributed by atoms with Crippen LogP contribution in [0.2, 0.25) is 0 Å². The van der Waals surface area contributed by atoms with Gasteiger partial charge in [-0.2, -0.15) is 0 Å². The first-order chi connectivity index (χ1) is 7.27. The van der Waals surface area contributed by atoms with Crippen molar-refractivity contribution >= 4 is 5.97 Å². The van der Waals surface area contributed by atoms with Crippen LogP contribution in [0.1, 0.15) is 19.3 Å². The summed E-state index contributed by atoms with van der Waals surface area (Å²) in [7, 11) is 0. The van der Waals surface area contributed by atoms with Crippen molar-refractivity contribution in [2.45, 2.75) is 25.4 Å². The number of carbonyl (C=O) groups excluding carboxylic acids is 1. The second-order valence-electron chi connectivity index (χ2n) is 4.21. The Bertz CT molecular complexity index is 305. The summed E-state index contributed by atoms with van der Waals surface area (Å²) in [6.45, 7) is 2.03. The molecule has 2 unspecified atom stereocenters. The van der Waals surface area contributed by atoms with E-state index in [-0.39, 0.29) is 24.0 Å². The molecular formula is C9H14N4O2. The molecule has 2 saturated heterocycles. The third kappa shape index (κ3) is 1.91. The van der Waals surface area contributed by atoms with E-state index in [1.54, 1.807) is 0 Å². The second-order valence-corrected chi connectivity index (χ2v) is 4.21. The van der Waals surface area contributed by atoms with Crippen LogP contribution in [-0.4, -0.2) is 31.7 Å². The number of piperidine rings is 1. The Morgan fingerprint density at radius 3 is 3.27 bits per heavy atom. The van der Waals surface area contributed by atoms with Gasteiger partial charge in [0.2, 0.25) is 0 Å². The number of hydrogen-bond donors (Lipinski definition) is 1. The van der Waals surface area contributed by atoms with Crippen molar-refractivity contribution in [3.8, 4) is 0 Å². The van der Waals surface area contributed by atoms with Gasteiger partial charge in [0, 0.05) is 16.9 Å². The molecule has 0 bridgehead atoms. The SMILES string of the molecule is [N-]=[N+]=NCC1OC(=O)CC12CCCNC2. The largest absolute Gasteiger partial charge is 0.462 e. The lowest BCUT2D eigenvalue weighted by molar-refractivity contribution is -0.141. The fraction of sp³-hybridized carbons (Fsp3) is 0.889. The van der Waals surface area contributed by atoms with Gasteiger partial charge in [0.1, 0.15) is 6.10 Å². The standard InChI is InChI=1S/C9H14N4O2/c10-13-12-5-7-9(4-8(14)15-7)2-1-3-11-6-9/h7,11H,1-6H2. The Balaban J connectivity index is 2.12. The number of nitrogens with one attached hydrogen (secondary N) is 1. The second kappa shape index (κ2) is 4.08. The van der Waals surface area contributed by atoms with Crippen LogP contribution >= 0.6 is 0 Å². The van der Waals surface area contributed by atoms with Gasteiger partial charge >= 0.3 is 5.97 Å². The molecule has 6 nitrogen and oxygen atoms in total. The molecule has 2 rings (SSSR count). The van der Waals surface area contributed by atoms with Gasteiger partial charge in [0.25, 0.3) is 0 Å². The smallest absolute Gasteiger partial charge is 0.306 e. The van der Waals surface area contributed by atoms with Crippen molar-refractivity contribution in [2.75, 3.05) is 19.6 Å². The highest BCUT2D eigenvalue weighted by molar-refractivity contribution is 5.73. The fourth-order valence-electron chi connectivity index (χ4n) is 2.49. The van der Waals surface area contributed by atoms with Gasteiger partial charge in [0.15, 0.2) is 0 Å². The number of azide groups is 1. The number of rotatable bonds is 2. The molecule has 2 heterocycles. The lowest BCUT2D eigenvalue weighted by Gasteiger charge is -2.35. The molecule has 15 heavy (non-hydrogen) atoms. The van der Waals surface area contributed by atoms with E-state index in [2.05, 4.69) is 15.3 Å². The average Bonchev–Trinajstić information content (AvgIpc) is 2.53. The molecule has 2 fully saturated rings. The zero-order valence-electron chi connectivity index (χ0n) is 8.48. The highest BCUT2D eigenvalue weighted by atomic mass is 16.6. The summed E-state index contributed by atoms with van der Waals surface area (Å²) in [5.74, 6) is -0.170. The van der Waals surface area contributed by atoms with Crippen molar-refractivity contribution < 1.29 is 9.53 Å². The molecule has 0 aromatic carbocycles. The first kappa shape index (κ1) is 10.3. The van der Waals surface area contributed by atoms with Crippen molar-refractivity contribution in [2.24, 2.45) is 10.5 Å². The molecule has 0 aromatic heterocycles. The van der Waals surface area contributed by atoms with E-state index >= 15 is 0 Å². The molecule has 0 aliphatic carbocycles. The molecular weight excluding hydrogens is 196 g/mol. The van der Waals surface area contributed by atoms with Gasteiger partial charge in [-0.1, -0.05) is 5.11 Å². The summed E-state index contributed by atoms with van der Waals surface area (Å²) < 4.78 is 5.21. The first-order valence-electron chi connectivity index (χ1n) is 5.18. The summed E-state index contributed by atoms with van der Waals surface area (Å²) in [6.07, 6.45) is 2.22. The maximum absolute atomic E-state index is 11.3. The van der Waals surface area contributed by atoms with Crippen molar-refractivity contribution in [1.29, 1.82) is 0 Å². The molecule has 0 aromatic rings. The molecule has 1 N–H and O–H groups in total. The molecule has 6 heteroatoms. The Morgan fingerprint density at radius 1 is 1.73 bits per heavy atom. The minimum Gasteiger partial charge on any atom is -0.462 e. The molecule has 82 valence electrons. The number of cyclic esters (lactones) is 1. The lowest BCUT2D eigenvalue weighted by Crippen LogP contribution is -2.46. The average molecular weight is 210 g/mol. The maximum Gasteiger partial charge on any atom is 0.306 e. The van der Waals surface area contributed by atoms with Crippen molar-refractivity contribution in [3.63, 3.8) is 0 Å². The predicted octanol–water partition coefficient (Wildman–Crippen LogP) is 0.982. The Morgan fingerprint density at radius 2 is 2.60 bits per heavy atom. The predicted molar refractivity (Wildman–Crippen MR) is 53.0 cm³/mol. The zero-order valence-corrected chi connectivity index (χ0v) is 8.48. The molecule has 0 saturated carbocycles. The van der Waals surface area contributed by atoms with E-state index in [0.29, 0.717) is 6.42 Å². The Hall–Kier alpha value is -1.26. The lowest BCUT2D eigenvalue weighted by atomic mass is 9.75. The van der Waals surface area contributed by atoms with Crippen LogP contribution in [-0.2, 0) is 9.53 Å². The highest BCUT2D eigenvalue weighted by Gasteiger charge is 2.48. The molecule has 2 atom stereocenters. The number of nitrogens with zero attached hydrogens (tertiary/aromatic N) is 3. The third-order valence-corrected chi connectivity index (χ3v) is 3.27. The van der Waals surface area contributed by atoms with E-state index < -0.39 is 0 Å². The van der Waals surface area contributed by atoms with Crippen LogP contribution in [0.25, 0.3) is 10.4 Å². The molecule has 0 amide bonds. The van der Waals surface area contributed by atoms with E-state index in [1.165, 1.54) is 0 Å². The number of carbonyl (C=O) groups is 1. The van der Waals surface area contributed by atoms with Gasteiger partial charge in [-0.05, 0) is 24.9 Å². The maximum atomic E-state index is 11.3. The third-order valence-electron chi connectivity index (χ3n) is 3.27. The molecule has 1 spiro atoms. The van der Waals surface area contributed by atoms with Crippen molar-refractivity contribution in [3.05, 3.63) is 10.4 Å². The monoisotopic (exact) mass is 210 g/mol. The molecule has 2 aliphatic rings. The normalized spacial score (nSPS) is 34.9. The van der Waals surface area contributed by atoms with Gasteiger partial charge in [-0.15, -0.1) is 0 Å². The molecule has 0 radical (unpaired) electrons.